The van der Waals surface area contributed by atoms with Crippen LogP contribution in [0.5, 0.6) is 0 Å². The van der Waals surface area contributed by atoms with E-state index in [0.717, 1.165) is 6.16 Å². The first-order chi connectivity index (χ1) is 15.4. The van der Waals surface area contributed by atoms with Crippen molar-refractivity contribution in [1.82, 2.24) is 0 Å². The SMILES string of the molecule is Cc1cccc([P+](Cc2ccccc2)(c2cccc(C)c2C)c2cccc(C)c2C)c1C. The molecule has 0 bridgehead atoms. The zero-order valence-corrected chi connectivity index (χ0v) is 21.1. The first-order valence-corrected chi connectivity index (χ1v) is 13.5. The van der Waals surface area contributed by atoms with E-state index in [9.17, 15) is 0 Å². The van der Waals surface area contributed by atoms with E-state index in [1.165, 1.54) is 54.9 Å². The predicted molar refractivity (Wildman–Crippen MR) is 144 cm³/mol. The second kappa shape index (κ2) is 9.05. The molecule has 0 fully saturated rings. The van der Waals surface area contributed by atoms with E-state index >= 15 is 0 Å². The molecule has 0 unspecified atom stereocenters. The summed E-state index contributed by atoms with van der Waals surface area (Å²) >= 11 is 0. The molecule has 0 radical (unpaired) electrons. The summed E-state index contributed by atoms with van der Waals surface area (Å²) in [6.45, 7) is 13.7. The van der Waals surface area contributed by atoms with Crippen LogP contribution >= 0.6 is 7.26 Å². The van der Waals surface area contributed by atoms with Crippen LogP contribution in [0, 0.1) is 41.5 Å². The molecule has 0 atom stereocenters. The van der Waals surface area contributed by atoms with Gasteiger partial charge in [0.25, 0.3) is 0 Å². The van der Waals surface area contributed by atoms with E-state index < -0.39 is 7.26 Å². The van der Waals surface area contributed by atoms with Gasteiger partial charge in [0.15, 0.2) is 0 Å². The number of rotatable bonds is 5. The fourth-order valence-electron chi connectivity index (χ4n) is 4.95. The minimum absolute atomic E-state index is 1.03. The van der Waals surface area contributed by atoms with Gasteiger partial charge < -0.3 is 0 Å². The maximum absolute atomic E-state index is 2.41. The van der Waals surface area contributed by atoms with Crippen LogP contribution in [0.3, 0.4) is 0 Å². The lowest BCUT2D eigenvalue weighted by atomic mass is 10.1. The Labute approximate surface area is 194 Å². The number of hydrogen-bond donors (Lipinski definition) is 0. The molecule has 0 N–H and O–H groups in total. The van der Waals surface area contributed by atoms with Gasteiger partial charge in [0.2, 0.25) is 0 Å². The average Bonchev–Trinajstić information content (AvgIpc) is 2.79. The molecule has 4 aromatic rings. The minimum atomic E-state index is -1.97. The zero-order chi connectivity index (χ0) is 22.9. The number of benzene rings is 4. The molecule has 0 aliphatic heterocycles. The van der Waals surface area contributed by atoms with Gasteiger partial charge in [0.1, 0.15) is 23.2 Å². The van der Waals surface area contributed by atoms with E-state index in [1.807, 2.05) is 0 Å². The summed E-state index contributed by atoms with van der Waals surface area (Å²) in [6, 6.07) is 31.8. The molecular formula is C31H34P+. The van der Waals surface area contributed by atoms with Crippen LogP contribution < -0.4 is 15.9 Å². The molecule has 0 spiro atoms. The Bertz CT molecular complexity index is 1130. The van der Waals surface area contributed by atoms with Crippen molar-refractivity contribution in [2.24, 2.45) is 0 Å². The first kappa shape index (κ1) is 22.5. The third-order valence-corrected chi connectivity index (χ3v) is 12.0. The fraction of sp³-hybridized carbons (Fsp3) is 0.226. The van der Waals surface area contributed by atoms with Gasteiger partial charge in [-0.1, -0.05) is 66.7 Å². The number of aryl methyl sites for hydroxylation is 3. The maximum atomic E-state index is 2.41. The third kappa shape index (κ3) is 3.82. The largest absolute Gasteiger partial charge is 0.117 e. The van der Waals surface area contributed by atoms with E-state index in [-0.39, 0.29) is 0 Å². The van der Waals surface area contributed by atoms with Gasteiger partial charge in [-0.05, 0) is 98.7 Å². The summed E-state index contributed by atoms with van der Waals surface area (Å²) in [5.41, 5.74) is 9.81. The Morgan fingerprint density at radius 2 is 0.812 bits per heavy atom. The van der Waals surface area contributed by atoms with Crippen molar-refractivity contribution in [2.75, 3.05) is 0 Å². The fourth-order valence-corrected chi connectivity index (χ4v) is 10.3. The van der Waals surface area contributed by atoms with Gasteiger partial charge in [-0.15, -0.1) is 0 Å². The Morgan fingerprint density at radius 3 is 1.19 bits per heavy atom. The topological polar surface area (TPSA) is 0 Å². The van der Waals surface area contributed by atoms with Crippen LogP contribution in [0.15, 0.2) is 84.9 Å². The Morgan fingerprint density at radius 1 is 0.438 bits per heavy atom. The summed E-state index contributed by atoms with van der Waals surface area (Å²) in [5.74, 6) is 0. The molecule has 1 heteroatoms. The molecular weight excluding hydrogens is 403 g/mol. The van der Waals surface area contributed by atoms with E-state index in [1.54, 1.807) is 0 Å². The van der Waals surface area contributed by atoms with Gasteiger partial charge in [-0.2, -0.15) is 0 Å². The van der Waals surface area contributed by atoms with Crippen molar-refractivity contribution in [3.8, 4) is 0 Å². The standard InChI is InChI=1S/C31H34P/c1-22-13-10-18-29(25(22)4)32(21-28-16-8-7-9-17-28,30-19-11-14-23(2)26(30)5)31-20-12-15-24(3)27(31)6/h7-20H,21H2,1-6H3/q+1. The van der Waals surface area contributed by atoms with Crippen LogP contribution in [-0.4, -0.2) is 0 Å². The van der Waals surface area contributed by atoms with Crippen LogP contribution in [0.4, 0.5) is 0 Å². The summed E-state index contributed by atoms with van der Waals surface area (Å²) < 4.78 is 0. The quantitative estimate of drug-likeness (QED) is 0.294. The van der Waals surface area contributed by atoms with Crippen molar-refractivity contribution in [1.29, 1.82) is 0 Å². The second-order valence-electron chi connectivity index (χ2n) is 9.11. The maximum Gasteiger partial charge on any atom is 0.117 e. The lowest BCUT2D eigenvalue weighted by Gasteiger charge is -2.32. The molecule has 4 aromatic carbocycles. The van der Waals surface area contributed by atoms with E-state index in [4.69, 9.17) is 0 Å². The molecule has 0 aromatic heterocycles. The van der Waals surface area contributed by atoms with Crippen LogP contribution in [-0.2, 0) is 6.16 Å². The molecule has 0 nitrogen and oxygen atoms in total. The molecule has 4 rings (SSSR count). The lowest BCUT2D eigenvalue weighted by Crippen LogP contribution is -2.37. The lowest BCUT2D eigenvalue weighted by molar-refractivity contribution is 1.32. The van der Waals surface area contributed by atoms with Crippen LogP contribution in [0.25, 0.3) is 0 Å². The highest BCUT2D eigenvalue weighted by Gasteiger charge is 2.49. The summed E-state index contributed by atoms with van der Waals surface area (Å²) in [7, 11) is -1.97. The molecule has 0 aliphatic carbocycles. The van der Waals surface area contributed by atoms with E-state index in [2.05, 4.69) is 126 Å². The normalized spacial score (nSPS) is 11.6. The van der Waals surface area contributed by atoms with Crippen molar-refractivity contribution in [3.05, 3.63) is 124 Å². The minimum Gasteiger partial charge on any atom is -0.0622 e. The van der Waals surface area contributed by atoms with Crippen molar-refractivity contribution < 1.29 is 0 Å². The zero-order valence-electron chi connectivity index (χ0n) is 20.2. The molecule has 162 valence electrons. The molecule has 0 heterocycles. The predicted octanol–water partition coefficient (Wildman–Crippen LogP) is 7.03. The monoisotopic (exact) mass is 437 g/mol. The summed E-state index contributed by atoms with van der Waals surface area (Å²) in [5, 5.41) is 4.55. The molecule has 0 saturated heterocycles. The van der Waals surface area contributed by atoms with Gasteiger partial charge in [0.05, 0.1) is 6.16 Å². The van der Waals surface area contributed by atoms with E-state index in [0.29, 0.717) is 0 Å². The Hall–Kier alpha value is -2.69. The Kier molecular flexibility index (Phi) is 6.36. The smallest absolute Gasteiger partial charge is 0.0622 e. The Balaban J connectivity index is 2.20. The highest BCUT2D eigenvalue weighted by atomic mass is 31.2. The molecule has 32 heavy (non-hydrogen) atoms. The van der Waals surface area contributed by atoms with Crippen LogP contribution in [0.2, 0.25) is 0 Å². The van der Waals surface area contributed by atoms with Gasteiger partial charge >= 0.3 is 0 Å². The van der Waals surface area contributed by atoms with Crippen molar-refractivity contribution in [3.63, 3.8) is 0 Å². The van der Waals surface area contributed by atoms with Gasteiger partial charge in [0, 0.05) is 0 Å². The second-order valence-corrected chi connectivity index (χ2v) is 12.5. The third-order valence-electron chi connectivity index (χ3n) is 7.22. The molecule has 0 amide bonds. The van der Waals surface area contributed by atoms with Crippen molar-refractivity contribution >= 4 is 23.2 Å². The molecule has 0 saturated carbocycles. The first-order valence-electron chi connectivity index (χ1n) is 11.5. The summed E-state index contributed by atoms with van der Waals surface area (Å²) in [6.07, 6.45) is 1.03. The summed E-state index contributed by atoms with van der Waals surface area (Å²) in [4.78, 5) is 0. The van der Waals surface area contributed by atoms with Gasteiger partial charge in [-0.25, -0.2) is 0 Å². The van der Waals surface area contributed by atoms with Crippen molar-refractivity contribution in [2.45, 2.75) is 47.7 Å². The highest BCUT2D eigenvalue weighted by Crippen LogP contribution is 2.60. The van der Waals surface area contributed by atoms with Gasteiger partial charge in [-0.3, -0.25) is 0 Å². The van der Waals surface area contributed by atoms with Crippen LogP contribution in [0.1, 0.15) is 38.9 Å². The highest BCUT2D eigenvalue weighted by molar-refractivity contribution is 7.95. The average molecular weight is 438 g/mol. The molecule has 0 aliphatic rings. The number of hydrogen-bond acceptors (Lipinski definition) is 0.